The van der Waals surface area contributed by atoms with Gasteiger partial charge < -0.3 is 5.11 Å². The van der Waals surface area contributed by atoms with Crippen LogP contribution in [0.15, 0.2) is 18.2 Å². The first-order valence-corrected chi connectivity index (χ1v) is 5.91. The Balaban J connectivity index is 2.53. The van der Waals surface area contributed by atoms with E-state index in [-0.39, 0.29) is 6.61 Å². The number of aryl methyl sites for hydroxylation is 1. The van der Waals surface area contributed by atoms with Crippen LogP contribution in [-0.4, -0.2) is 14.9 Å². The van der Waals surface area contributed by atoms with E-state index in [1.807, 2.05) is 19.9 Å². The summed E-state index contributed by atoms with van der Waals surface area (Å²) in [6.45, 7) is 3.68. The van der Waals surface area contributed by atoms with Crippen LogP contribution in [0.3, 0.4) is 0 Å². The summed E-state index contributed by atoms with van der Waals surface area (Å²) in [5.74, 6) is 0. The van der Waals surface area contributed by atoms with Gasteiger partial charge in [0.25, 0.3) is 0 Å². The summed E-state index contributed by atoms with van der Waals surface area (Å²) in [4.78, 5) is 0. The zero-order valence-electron chi connectivity index (χ0n) is 9.54. The zero-order valence-corrected chi connectivity index (χ0v) is 11.0. The van der Waals surface area contributed by atoms with Gasteiger partial charge >= 0.3 is 0 Å². The van der Waals surface area contributed by atoms with Gasteiger partial charge in [0, 0.05) is 5.02 Å². The maximum absolute atomic E-state index is 9.05. The second-order valence-electron chi connectivity index (χ2n) is 3.83. The van der Waals surface area contributed by atoms with Crippen LogP contribution in [0.1, 0.15) is 17.0 Å². The van der Waals surface area contributed by atoms with Crippen LogP contribution in [0.4, 0.5) is 0 Å². The highest BCUT2D eigenvalue weighted by Gasteiger charge is 2.11. The van der Waals surface area contributed by atoms with Crippen molar-refractivity contribution in [2.75, 3.05) is 0 Å². The lowest BCUT2D eigenvalue weighted by molar-refractivity contribution is 0.282. The molecule has 5 heteroatoms. The number of halogens is 2. The zero-order chi connectivity index (χ0) is 12.6. The lowest BCUT2D eigenvalue weighted by atomic mass is 10.2. The average Bonchev–Trinajstić information content (AvgIpc) is 2.57. The molecule has 1 aromatic heterocycles. The minimum absolute atomic E-state index is 0.0724. The van der Waals surface area contributed by atoms with Gasteiger partial charge in [-0.2, -0.15) is 5.10 Å². The van der Waals surface area contributed by atoms with E-state index >= 15 is 0 Å². The summed E-state index contributed by atoms with van der Waals surface area (Å²) >= 11 is 12.1. The molecule has 0 bridgehead atoms. The Bertz CT molecular complexity index is 564. The second-order valence-corrected chi connectivity index (χ2v) is 4.62. The standard InChI is InChI=1S/C12H12Cl2N2O/c1-7-12(14)8(2)16(15-7)10-4-3-9(6-17)11(13)5-10/h3-5,17H,6H2,1-2H3. The quantitative estimate of drug-likeness (QED) is 0.910. The Kier molecular flexibility index (Phi) is 3.43. The Labute approximate surface area is 110 Å². The number of hydrogen-bond donors (Lipinski definition) is 1. The van der Waals surface area contributed by atoms with Gasteiger partial charge in [-0.3, -0.25) is 0 Å². The van der Waals surface area contributed by atoms with Crippen LogP contribution < -0.4 is 0 Å². The van der Waals surface area contributed by atoms with Crippen LogP contribution in [0.25, 0.3) is 5.69 Å². The maximum Gasteiger partial charge on any atom is 0.0848 e. The highest BCUT2D eigenvalue weighted by atomic mass is 35.5. The molecule has 17 heavy (non-hydrogen) atoms. The van der Waals surface area contributed by atoms with Gasteiger partial charge in [0.15, 0.2) is 0 Å². The van der Waals surface area contributed by atoms with E-state index in [9.17, 15) is 0 Å². The van der Waals surface area contributed by atoms with Crippen molar-refractivity contribution < 1.29 is 5.11 Å². The molecule has 0 aliphatic heterocycles. The monoisotopic (exact) mass is 270 g/mol. The van der Waals surface area contributed by atoms with E-state index in [0.717, 1.165) is 17.1 Å². The number of aliphatic hydroxyl groups is 1. The Hall–Kier alpha value is -1.03. The highest BCUT2D eigenvalue weighted by Crippen LogP contribution is 2.25. The van der Waals surface area contributed by atoms with E-state index in [4.69, 9.17) is 28.3 Å². The molecule has 0 aliphatic rings. The van der Waals surface area contributed by atoms with Gasteiger partial charge in [-0.15, -0.1) is 0 Å². The fourth-order valence-corrected chi connectivity index (χ4v) is 2.02. The maximum atomic E-state index is 9.05. The molecule has 1 N–H and O–H groups in total. The molecule has 0 saturated carbocycles. The largest absolute Gasteiger partial charge is 0.392 e. The molecule has 1 aromatic carbocycles. The molecular weight excluding hydrogens is 259 g/mol. The first kappa shape index (κ1) is 12.4. The predicted octanol–water partition coefficient (Wildman–Crippen LogP) is 3.29. The number of nitrogens with zero attached hydrogens (tertiary/aromatic N) is 2. The van der Waals surface area contributed by atoms with Gasteiger partial charge in [0.05, 0.1) is 28.7 Å². The van der Waals surface area contributed by atoms with Crippen LogP contribution in [0.5, 0.6) is 0 Å². The Morgan fingerprint density at radius 3 is 2.47 bits per heavy atom. The van der Waals surface area contributed by atoms with E-state index in [1.165, 1.54) is 0 Å². The molecule has 2 rings (SSSR count). The van der Waals surface area contributed by atoms with E-state index < -0.39 is 0 Å². The molecule has 90 valence electrons. The Morgan fingerprint density at radius 1 is 1.29 bits per heavy atom. The van der Waals surface area contributed by atoms with E-state index in [2.05, 4.69) is 5.10 Å². The third-order valence-electron chi connectivity index (χ3n) is 2.65. The smallest absolute Gasteiger partial charge is 0.0848 e. The summed E-state index contributed by atoms with van der Waals surface area (Å²) in [7, 11) is 0. The van der Waals surface area contributed by atoms with E-state index in [0.29, 0.717) is 15.6 Å². The van der Waals surface area contributed by atoms with Crippen molar-refractivity contribution in [1.82, 2.24) is 9.78 Å². The van der Waals surface area contributed by atoms with Crippen molar-refractivity contribution >= 4 is 23.2 Å². The minimum atomic E-state index is -0.0724. The van der Waals surface area contributed by atoms with Crippen molar-refractivity contribution in [3.05, 3.63) is 45.2 Å². The molecule has 0 amide bonds. The molecule has 1 heterocycles. The fraction of sp³-hybridized carbons (Fsp3) is 0.250. The van der Waals surface area contributed by atoms with Crippen LogP contribution >= 0.6 is 23.2 Å². The molecule has 0 aliphatic carbocycles. The van der Waals surface area contributed by atoms with Gasteiger partial charge in [0.2, 0.25) is 0 Å². The highest BCUT2D eigenvalue weighted by molar-refractivity contribution is 6.32. The SMILES string of the molecule is Cc1nn(-c2ccc(CO)c(Cl)c2)c(C)c1Cl. The average molecular weight is 271 g/mol. The third kappa shape index (κ3) is 2.18. The lowest BCUT2D eigenvalue weighted by Gasteiger charge is -2.07. The number of rotatable bonds is 2. The summed E-state index contributed by atoms with van der Waals surface area (Å²) < 4.78 is 1.74. The summed E-state index contributed by atoms with van der Waals surface area (Å²) in [6, 6.07) is 5.40. The summed E-state index contributed by atoms with van der Waals surface area (Å²) in [6.07, 6.45) is 0. The normalized spacial score (nSPS) is 10.9. The van der Waals surface area contributed by atoms with Crippen molar-refractivity contribution in [1.29, 1.82) is 0 Å². The number of benzene rings is 1. The molecule has 0 spiro atoms. The molecular formula is C12H12Cl2N2O. The molecule has 2 aromatic rings. The molecule has 0 unspecified atom stereocenters. The van der Waals surface area contributed by atoms with Gasteiger partial charge in [0.1, 0.15) is 0 Å². The number of aliphatic hydroxyl groups excluding tert-OH is 1. The van der Waals surface area contributed by atoms with Gasteiger partial charge in [-0.25, -0.2) is 4.68 Å². The predicted molar refractivity (Wildman–Crippen MR) is 69.0 cm³/mol. The second kappa shape index (κ2) is 4.69. The van der Waals surface area contributed by atoms with Crippen LogP contribution in [0, 0.1) is 13.8 Å². The van der Waals surface area contributed by atoms with Crippen molar-refractivity contribution in [2.24, 2.45) is 0 Å². The molecule has 0 fully saturated rings. The van der Waals surface area contributed by atoms with Crippen molar-refractivity contribution in [3.8, 4) is 5.69 Å². The molecule has 3 nitrogen and oxygen atoms in total. The van der Waals surface area contributed by atoms with Crippen LogP contribution in [-0.2, 0) is 6.61 Å². The first-order valence-electron chi connectivity index (χ1n) is 5.16. The number of hydrogen-bond acceptors (Lipinski definition) is 2. The molecule has 0 saturated heterocycles. The van der Waals surface area contributed by atoms with Crippen molar-refractivity contribution in [2.45, 2.75) is 20.5 Å². The fourth-order valence-electron chi connectivity index (χ4n) is 1.67. The van der Waals surface area contributed by atoms with Crippen molar-refractivity contribution in [3.63, 3.8) is 0 Å². The summed E-state index contributed by atoms with van der Waals surface area (Å²) in [5.41, 5.74) is 3.19. The van der Waals surface area contributed by atoms with Gasteiger partial charge in [-0.1, -0.05) is 29.3 Å². The lowest BCUT2D eigenvalue weighted by Crippen LogP contribution is -1.99. The first-order chi connectivity index (χ1) is 8.04. The van der Waals surface area contributed by atoms with Gasteiger partial charge in [-0.05, 0) is 31.5 Å². The van der Waals surface area contributed by atoms with Crippen LogP contribution in [0.2, 0.25) is 10.0 Å². The molecule has 0 atom stereocenters. The third-order valence-corrected chi connectivity index (χ3v) is 3.55. The Morgan fingerprint density at radius 2 is 2.00 bits per heavy atom. The summed E-state index contributed by atoms with van der Waals surface area (Å²) in [5, 5.41) is 14.6. The topological polar surface area (TPSA) is 38.0 Å². The van der Waals surface area contributed by atoms with E-state index in [1.54, 1.807) is 16.8 Å². The minimum Gasteiger partial charge on any atom is -0.392 e. The number of aromatic nitrogens is 2. The molecule has 0 radical (unpaired) electrons.